The predicted octanol–water partition coefficient (Wildman–Crippen LogP) is 16.1. The maximum Gasteiger partial charge on any atom is 0.472 e. The molecule has 0 aliphatic rings. The molecule has 0 amide bonds. The molecule has 0 aromatic rings. The van der Waals surface area contributed by atoms with Crippen molar-refractivity contribution in [1.29, 1.82) is 0 Å². The van der Waals surface area contributed by atoms with Crippen molar-refractivity contribution >= 4 is 39.5 Å². The molecule has 2 unspecified atom stereocenters. The molecule has 19 heteroatoms. The van der Waals surface area contributed by atoms with Crippen LogP contribution in [0, 0.1) is 11.8 Å². The van der Waals surface area contributed by atoms with Crippen LogP contribution in [0.25, 0.3) is 0 Å². The standard InChI is InChI=1S/C60H116O17P2/c1-7-9-11-13-15-17-18-19-25-32-38-44-59(64)76-55(49-71-58(63)43-37-31-26-20-22-28-34-40-52(3)4)50-74-78(66,67)72-46-54(61)47-73-79(68,69)75-51-56(48-70-57(62)42-36-30-24-16-14-12-10-8-2)77-60(65)45-39-33-27-21-23-29-35-41-53(5)6/h52-56,61H,7-51H2,1-6H3,(H,66,67)(H,68,69)/t54-,55-,56-/m1/s1. The number of phosphoric ester groups is 2. The van der Waals surface area contributed by atoms with E-state index in [2.05, 4.69) is 41.5 Å². The number of carbonyl (C=O) groups is 4. The van der Waals surface area contributed by atoms with Gasteiger partial charge in [0.1, 0.15) is 19.3 Å². The normalized spacial score (nSPS) is 14.4. The number of esters is 4. The number of carbonyl (C=O) groups excluding carboxylic acids is 4. The Morgan fingerprint density at radius 2 is 0.582 bits per heavy atom. The lowest BCUT2D eigenvalue weighted by Gasteiger charge is -2.21. The minimum atomic E-state index is -4.94. The van der Waals surface area contributed by atoms with Crippen LogP contribution in [0.3, 0.4) is 0 Å². The molecule has 0 rings (SSSR count). The van der Waals surface area contributed by atoms with Gasteiger partial charge in [0.25, 0.3) is 0 Å². The summed E-state index contributed by atoms with van der Waals surface area (Å²) in [6, 6.07) is 0. The topological polar surface area (TPSA) is 237 Å². The molecule has 0 spiro atoms. The molecule has 0 aliphatic carbocycles. The second-order valence-corrected chi connectivity index (χ2v) is 25.6. The number of rotatable bonds is 59. The lowest BCUT2D eigenvalue weighted by atomic mass is 10.0. The van der Waals surface area contributed by atoms with Crippen molar-refractivity contribution < 1.29 is 80.2 Å². The highest BCUT2D eigenvalue weighted by Crippen LogP contribution is 2.45. The fourth-order valence-electron chi connectivity index (χ4n) is 8.82. The Morgan fingerprint density at radius 1 is 0.342 bits per heavy atom. The zero-order valence-corrected chi connectivity index (χ0v) is 52.4. The molecule has 0 aliphatic heterocycles. The number of aliphatic hydroxyl groups is 1. The van der Waals surface area contributed by atoms with E-state index in [1.165, 1.54) is 96.3 Å². The molecule has 0 saturated heterocycles. The molecular formula is C60H116O17P2. The van der Waals surface area contributed by atoms with E-state index in [4.69, 9.17) is 37.0 Å². The van der Waals surface area contributed by atoms with Crippen LogP contribution in [0.4, 0.5) is 0 Å². The van der Waals surface area contributed by atoms with Crippen LogP contribution in [-0.2, 0) is 65.4 Å². The molecule has 0 saturated carbocycles. The molecule has 0 bridgehead atoms. The monoisotopic (exact) mass is 1170 g/mol. The number of hydrogen-bond acceptors (Lipinski definition) is 15. The molecule has 17 nitrogen and oxygen atoms in total. The van der Waals surface area contributed by atoms with Gasteiger partial charge in [-0.3, -0.25) is 37.3 Å². The molecule has 0 radical (unpaired) electrons. The SMILES string of the molecule is CCCCCCCCCCCCCC(=O)O[C@H](COC(=O)CCCCCCCCCC(C)C)COP(=O)(O)OC[C@@H](O)COP(=O)(O)OC[C@@H](COC(=O)CCCCCCCCCC)OC(=O)CCCCCCCCCC(C)C. The van der Waals surface area contributed by atoms with E-state index in [1.54, 1.807) is 0 Å². The molecule has 468 valence electrons. The van der Waals surface area contributed by atoms with Crippen LogP contribution in [0.1, 0.15) is 292 Å². The third-order valence-corrected chi connectivity index (χ3v) is 15.6. The summed E-state index contributed by atoms with van der Waals surface area (Å²) in [5.74, 6) is -0.743. The van der Waals surface area contributed by atoms with E-state index in [-0.39, 0.29) is 25.7 Å². The Hall–Kier alpha value is -1.94. The summed E-state index contributed by atoms with van der Waals surface area (Å²) in [7, 11) is -9.87. The minimum absolute atomic E-state index is 0.103. The molecular weight excluding hydrogens is 1050 g/mol. The van der Waals surface area contributed by atoms with Gasteiger partial charge < -0.3 is 33.8 Å². The van der Waals surface area contributed by atoms with Gasteiger partial charge in [0.05, 0.1) is 26.4 Å². The van der Waals surface area contributed by atoms with Gasteiger partial charge in [-0.2, -0.15) is 0 Å². The summed E-state index contributed by atoms with van der Waals surface area (Å²) < 4.78 is 67.7. The van der Waals surface area contributed by atoms with E-state index in [1.807, 2.05) is 0 Å². The highest BCUT2D eigenvalue weighted by atomic mass is 31.2. The van der Waals surface area contributed by atoms with Gasteiger partial charge in [0.2, 0.25) is 0 Å². The molecule has 0 heterocycles. The molecule has 5 atom stereocenters. The number of hydrogen-bond donors (Lipinski definition) is 3. The minimum Gasteiger partial charge on any atom is -0.462 e. The van der Waals surface area contributed by atoms with Crippen LogP contribution < -0.4 is 0 Å². The maximum absolute atomic E-state index is 12.9. The lowest BCUT2D eigenvalue weighted by molar-refractivity contribution is -0.161. The highest BCUT2D eigenvalue weighted by Gasteiger charge is 2.30. The van der Waals surface area contributed by atoms with E-state index >= 15 is 0 Å². The largest absolute Gasteiger partial charge is 0.472 e. The Balaban J connectivity index is 5.23. The first-order chi connectivity index (χ1) is 37.9. The summed E-state index contributed by atoms with van der Waals surface area (Å²) in [5.41, 5.74) is 0. The molecule has 0 aromatic carbocycles. The number of unbranched alkanes of at least 4 members (excludes halogenated alkanes) is 29. The molecule has 3 N–H and O–H groups in total. The van der Waals surface area contributed by atoms with Gasteiger partial charge in [-0.25, -0.2) is 9.13 Å². The maximum atomic E-state index is 12.9. The fourth-order valence-corrected chi connectivity index (χ4v) is 10.4. The third kappa shape index (κ3) is 55.0. The van der Waals surface area contributed by atoms with Crippen LogP contribution in [0.2, 0.25) is 0 Å². The summed E-state index contributed by atoms with van der Waals surface area (Å²) in [6.45, 7) is 9.31. The summed E-state index contributed by atoms with van der Waals surface area (Å²) >= 11 is 0. The second-order valence-electron chi connectivity index (χ2n) is 22.7. The highest BCUT2D eigenvalue weighted by molar-refractivity contribution is 7.47. The predicted molar refractivity (Wildman–Crippen MR) is 312 cm³/mol. The Bertz CT molecular complexity index is 1560. The van der Waals surface area contributed by atoms with Crippen LogP contribution in [-0.4, -0.2) is 96.7 Å². The van der Waals surface area contributed by atoms with Gasteiger partial charge in [-0.1, -0.05) is 241 Å². The lowest BCUT2D eigenvalue weighted by Crippen LogP contribution is -2.30. The van der Waals surface area contributed by atoms with Gasteiger partial charge in [-0.15, -0.1) is 0 Å². The van der Waals surface area contributed by atoms with E-state index in [9.17, 15) is 43.2 Å². The van der Waals surface area contributed by atoms with E-state index in [0.717, 1.165) is 103 Å². The zero-order chi connectivity index (χ0) is 58.7. The van der Waals surface area contributed by atoms with Crippen molar-refractivity contribution in [3.05, 3.63) is 0 Å². The summed E-state index contributed by atoms with van der Waals surface area (Å²) in [6.07, 6.45) is 33.6. The molecule has 79 heavy (non-hydrogen) atoms. The van der Waals surface area contributed by atoms with Crippen molar-refractivity contribution in [1.82, 2.24) is 0 Å². The van der Waals surface area contributed by atoms with Crippen molar-refractivity contribution in [3.8, 4) is 0 Å². The summed E-state index contributed by atoms with van der Waals surface area (Å²) in [4.78, 5) is 71.9. The summed E-state index contributed by atoms with van der Waals surface area (Å²) in [5, 5.41) is 10.5. The molecule has 0 aromatic heterocycles. The van der Waals surface area contributed by atoms with Gasteiger partial charge in [-0.05, 0) is 37.5 Å². The van der Waals surface area contributed by atoms with Gasteiger partial charge in [0, 0.05) is 25.7 Å². The quantitative estimate of drug-likeness (QED) is 0.0222. The smallest absolute Gasteiger partial charge is 0.462 e. The fraction of sp³-hybridized carbons (Fsp3) is 0.933. The van der Waals surface area contributed by atoms with Crippen molar-refractivity contribution in [3.63, 3.8) is 0 Å². The number of ether oxygens (including phenoxy) is 4. The van der Waals surface area contributed by atoms with Crippen LogP contribution in [0.15, 0.2) is 0 Å². The van der Waals surface area contributed by atoms with Gasteiger partial charge >= 0.3 is 39.5 Å². The van der Waals surface area contributed by atoms with E-state index in [0.29, 0.717) is 37.5 Å². The third-order valence-electron chi connectivity index (χ3n) is 13.7. The first-order valence-corrected chi connectivity index (χ1v) is 34.5. The Morgan fingerprint density at radius 3 is 0.861 bits per heavy atom. The second kappa shape index (κ2) is 52.8. The number of phosphoric acid groups is 2. The Labute approximate surface area is 479 Å². The van der Waals surface area contributed by atoms with Crippen molar-refractivity contribution in [2.75, 3.05) is 39.6 Å². The number of aliphatic hydroxyl groups excluding tert-OH is 1. The first-order valence-electron chi connectivity index (χ1n) is 31.5. The van der Waals surface area contributed by atoms with Crippen molar-refractivity contribution in [2.24, 2.45) is 11.8 Å². The van der Waals surface area contributed by atoms with E-state index < -0.39 is 97.5 Å². The van der Waals surface area contributed by atoms with Crippen LogP contribution in [0.5, 0.6) is 0 Å². The first kappa shape index (κ1) is 77.1. The van der Waals surface area contributed by atoms with Gasteiger partial charge in [0.15, 0.2) is 12.2 Å². The average molecular weight is 1170 g/mol. The Kier molecular flexibility index (Phi) is 51.5. The zero-order valence-electron chi connectivity index (χ0n) is 50.7. The molecule has 0 fully saturated rings. The van der Waals surface area contributed by atoms with Crippen molar-refractivity contribution in [2.45, 2.75) is 310 Å². The van der Waals surface area contributed by atoms with Crippen LogP contribution >= 0.6 is 15.6 Å². The average Bonchev–Trinajstić information content (AvgIpc) is 3.40.